The third-order valence-corrected chi connectivity index (χ3v) is 5.28. The van der Waals surface area contributed by atoms with Crippen LogP contribution in [-0.2, 0) is 9.84 Å². The molecule has 0 aliphatic heterocycles. The van der Waals surface area contributed by atoms with Crippen molar-refractivity contribution in [3.05, 3.63) is 54.1 Å². The molecule has 2 aromatic carbocycles. The Morgan fingerprint density at radius 1 is 1.00 bits per heavy atom. The number of hydrogen-bond acceptors (Lipinski definition) is 4. The van der Waals surface area contributed by atoms with Gasteiger partial charge in [-0.2, -0.15) is 0 Å². The summed E-state index contributed by atoms with van der Waals surface area (Å²) in [7, 11) is -3.15. The smallest absolute Gasteiger partial charge is 0.175 e. The normalized spacial score (nSPS) is 13.1. The van der Waals surface area contributed by atoms with Crippen LogP contribution in [0, 0.1) is 0 Å². The Morgan fingerprint density at radius 3 is 1.90 bits per heavy atom. The first-order valence-corrected chi connectivity index (χ1v) is 9.37. The first-order valence-electron chi connectivity index (χ1n) is 6.66. The van der Waals surface area contributed by atoms with Crippen LogP contribution in [-0.4, -0.2) is 19.8 Å². The molecule has 1 N–H and O–H groups in total. The van der Waals surface area contributed by atoms with Gasteiger partial charge in [0.25, 0.3) is 0 Å². The topological polar surface area (TPSA) is 54.4 Å². The summed E-state index contributed by atoms with van der Waals surface area (Å²) in [6, 6.07) is 14.6. The number of aliphatic hydroxyl groups excluding tert-OH is 1. The van der Waals surface area contributed by atoms with Crippen molar-refractivity contribution >= 4 is 21.6 Å². The zero-order chi connectivity index (χ0) is 15.5. The van der Waals surface area contributed by atoms with Crippen molar-refractivity contribution in [2.45, 2.75) is 34.1 Å². The lowest BCUT2D eigenvalue weighted by Gasteiger charge is -2.09. The fourth-order valence-electron chi connectivity index (χ4n) is 1.88. The van der Waals surface area contributed by atoms with Gasteiger partial charge in [0.2, 0.25) is 0 Å². The van der Waals surface area contributed by atoms with Crippen LogP contribution in [0.1, 0.15) is 25.0 Å². The van der Waals surface area contributed by atoms with E-state index in [1.807, 2.05) is 31.2 Å². The Bertz CT molecular complexity index is 689. The number of benzene rings is 2. The van der Waals surface area contributed by atoms with Gasteiger partial charge in [0.15, 0.2) is 9.84 Å². The highest BCUT2D eigenvalue weighted by molar-refractivity contribution is 7.99. The van der Waals surface area contributed by atoms with E-state index in [1.165, 1.54) is 6.26 Å². The summed E-state index contributed by atoms with van der Waals surface area (Å²) in [5, 5.41) is 9.75. The molecule has 0 aromatic heterocycles. The quantitative estimate of drug-likeness (QED) is 0.912. The van der Waals surface area contributed by atoms with Crippen LogP contribution in [0.5, 0.6) is 0 Å². The Morgan fingerprint density at radius 2 is 1.48 bits per heavy atom. The van der Waals surface area contributed by atoms with Crippen molar-refractivity contribution in [2.75, 3.05) is 6.26 Å². The van der Waals surface area contributed by atoms with E-state index < -0.39 is 15.9 Å². The first-order chi connectivity index (χ1) is 9.90. The average Bonchev–Trinajstić information content (AvgIpc) is 2.47. The molecule has 21 heavy (non-hydrogen) atoms. The molecule has 1 atom stereocenters. The van der Waals surface area contributed by atoms with Crippen molar-refractivity contribution in [3.8, 4) is 0 Å². The maximum Gasteiger partial charge on any atom is 0.175 e. The van der Waals surface area contributed by atoms with Gasteiger partial charge in [0.1, 0.15) is 0 Å². The van der Waals surface area contributed by atoms with E-state index in [9.17, 15) is 13.5 Å². The molecule has 0 spiro atoms. The average molecular weight is 322 g/mol. The molecule has 0 aliphatic carbocycles. The predicted octanol–water partition coefficient (Wildman–Crippen LogP) is 3.68. The third-order valence-electron chi connectivity index (χ3n) is 3.14. The summed E-state index contributed by atoms with van der Waals surface area (Å²) in [4.78, 5) is 2.36. The van der Waals surface area contributed by atoms with Crippen LogP contribution in [0.4, 0.5) is 0 Å². The molecule has 0 saturated carbocycles. The maximum absolute atomic E-state index is 11.4. The molecule has 0 fully saturated rings. The van der Waals surface area contributed by atoms with Crippen molar-refractivity contribution in [2.24, 2.45) is 0 Å². The van der Waals surface area contributed by atoms with Gasteiger partial charge < -0.3 is 5.11 Å². The molecule has 3 nitrogen and oxygen atoms in total. The first kappa shape index (κ1) is 16.1. The van der Waals surface area contributed by atoms with Gasteiger partial charge >= 0.3 is 0 Å². The molecule has 0 saturated heterocycles. The molecule has 0 radical (unpaired) electrons. The second-order valence-electron chi connectivity index (χ2n) is 4.84. The van der Waals surface area contributed by atoms with E-state index in [2.05, 4.69) is 0 Å². The summed E-state index contributed by atoms with van der Waals surface area (Å²) < 4.78 is 22.8. The summed E-state index contributed by atoms with van der Waals surface area (Å²) in [5.41, 5.74) is 0.911. The van der Waals surface area contributed by atoms with Crippen LogP contribution >= 0.6 is 11.8 Å². The minimum atomic E-state index is -3.15. The molecule has 0 bridgehead atoms. The number of aliphatic hydroxyl groups is 1. The molecule has 0 amide bonds. The van der Waals surface area contributed by atoms with E-state index >= 15 is 0 Å². The second-order valence-corrected chi connectivity index (χ2v) is 8.00. The van der Waals surface area contributed by atoms with Gasteiger partial charge in [0.05, 0.1) is 11.0 Å². The molecule has 0 aliphatic rings. The highest BCUT2D eigenvalue weighted by Crippen LogP contribution is 2.29. The van der Waals surface area contributed by atoms with Crippen LogP contribution < -0.4 is 0 Å². The van der Waals surface area contributed by atoms with Crippen LogP contribution in [0.2, 0.25) is 0 Å². The molecule has 5 heteroatoms. The lowest BCUT2D eigenvalue weighted by Crippen LogP contribution is -1.96. The molecule has 0 heterocycles. The highest BCUT2D eigenvalue weighted by Gasteiger charge is 2.07. The van der Waals surface area contributed by atoms with E-state index in [-0.39, 0.29) is 0 Å². The number of hydrogen-bond donors (Lipinski definition) is 1. The molecule has 112 valence electrons. The molecule has 2 aromatic rings. The lowest BCUT2D eigenvalue weighted by molar-refractivity contribution is 0.173. The maximum atomic E-state index is 11.4. The van der Waals surface area contributed by atoms with Gasteiger partial charge in [-0.3, -0.25) is 0 Å². The van der Waals surface area contributed by atoms with E-state index in [0.717, 1.165) is 15.4 Å². The minimum absolute atomic E-state index is 0.327. The van der Waals surface area contributed by atoms with Crippen molar-refractivity contribution in [1.82, 2.24) is 0 Å². The van der Waals surface area contributed by atoms with Crippen molar-refractivity contribution < 1.29 is 13.5 Å². The zero-order valence-electron chi connectivity index (χ0n) is 12.0. The molecule has 0 unspecified atom stereocenters. The Hall–Kier alpha value is -1.30. The van der Waals surface area contributed by atoms with Gasteiger partial charge in [-0.1, -0.05) is 30.8 Å². The third kappa shape index (κ3) is 4.33. The summed E-state index contributed by atoms with van der Waals surface area (Å²) in [5.74, 6) is 0. The number of rotatable bonds is 5. The van der Waals surface area contributed by atoms with Crippen LogP contribution in [0.3, 0.4) is 0 Å². The fourth-order valence-corrected chi connectivity index (χ4v) is 3.33. The Balaban J connectivity index is 2.11. The van der Waals surface area contributed by atoms with Crippen molar-refractivity contribution in [3.63, 3.8) is 0 Å². The lowest BCUT2D eigenvalue weighted by atomic mass is 10.1. The predicted molar refractivity (Wildman–Crippen MR) is 85.4 cm³/mol. The van der Waals surface area contributed by atoms with Gasteiger partial charge in [-0.05, 0) is 48.4 Å². The second kappa shape index (κ2) is 6.64. The summed E-state index contributed by atoms with van der Waals surface area (Å²) in [6.45, 7) is 1.94. The molecular formula is C16H18O3S2. The fraction of sp³-hybridized carbons (Fsp3) is 0.250. The van der Waals surface area contributed by atoms with E-state index in [0.29, 0.717) is 11.3 Å². The standard InChI is InChI=1S/C16H18O3S2/c1-3-16(17)12-4-6-13(7-5-12)20-14-8-10-15(11-9-14)21(2,18)19/h4-11,16-17H,3H2,1-2H3/t16-/m1/s1. The number of sulfone groups is 1. The molecule has 2 rings (SSSR count). The largest absolute Gasteiger partial charge is 0.388 e. The molecular weight excluding hydrogens is 304 g/mol. The van der Waals surface area contributed by atoms with Crippen LogP contribution in [0.15, 0.2) is 63.2 Å². The Kier molecular flexibility index (Phi) is 5.08. The van der Waals surface area contributed by atoms with Gasteiger partial charge in [0, 0.05) is 16.0 Å². The summed E-state index contributed by atoms with van der Waals surface area (Å²) >= 11 is 1.56. The SMILES string of the molecule is CC[C@@H](O)c1ccc(Sc2ccc(S(C)(=O)=O)cc2)cc1. The minimum Gasteiger partial charge on any atom is -0.388 e. The highest BCUT2D eigenvalue weighted by atomic mass is 32.2. The van der Waals surface area contributed by atoms with E-state index in [4.69, 9.17) is 0 Å². The monoisotopic (exact) mass is 322 g/mol. The zero-order valence-corrected chi connectivity index (χ0v) is 13.6. The van der Waals surface area contributed by atoms with Gasteiger partial charge in [-0.15, -0.1) is 0 Å². The Labute approximate surface area is 129 Å². The van der Waals surface area contributed by atoms with E-state index in [1.54, 1.807) is 36.0 Å². The van der Waals surface area contributed by atoms with Gasteiger partial charge in [-0.25, -0.2) is 8.42 Å². The van der Waals surface area contributed by atoms with Crippen LogP contribution in [0.25, 0.3) is 0 Å². The van der Waals surface area contributed by atoms with Crippen molar-refractivity contribution in [1.29, 1.82) is 0 Å². The summed E-state index contributed by atoms with van der Waals surface area (Å²) in [6.07, 6.45) is 1.48.